The number of anilines is 3. The molecule has 4 rings (SSSR count). The minimum absolute atomic E-state index is 0.893. The van der Waals surface area contributed by atoms with E-state index in [2.05, 4.69) is 93.7 Å². The normalized spacial score (nSPS) is 10.8. The second-order valence-corrected chi connectivity index (χ2v) is 6.07. The third-order valence-corrected chi connectivity index (χ3v) is 4.23. The number of hydrogen-bond acceptors (Lipinski definition) is 3. The number of benzene rings is 3. The Morgan fingerprint density at radius 3 is 1.74 bits per heavy atom. The fraction of sp³-hybridized carbons (Fsp3) is 0. The van der Waals surface area contributed by atoms with Crippen molar-refractivity contribution >= 4 is 29.2 Å². The Morgan fingerprint density at radius 2 is 1.19 bits per heavy atom. The molecular formula is C24H19N3. The maximum absolute atomic E-state index is 4.21. The van der Waals surface area contributed by atoms with Crippen molar-refractivity contribution in [3.8, 4) is 0 Å². The number of hydrogen-bond donors (Lipinski definition) is 0. The van der Waals surface area contributed by atoms with Gasteiger partial charge in [0.1, 0.15) is 6.33 Å². The van der Waals surface area contributed by atoms with E-state index in [1.54, 1.807) is 12.5 Å². The summed E-state index contributed by atoms with van der Waals surface area (Å²) in [6, 6.07) is 31.2. The summed E-state index contributed by atoms with van der Waals surface area (Å²) in [7, 11) is 0. The van der Waals surface area contributed by atoms with Crippen LogP contribution in [0.3, 0.4) is 0 Å². The molecule has 0 aliphatic rings. The van der Waals surface area contributed by atoms with E-state index in [-0.39, 0.29) is 0 Å². The van der Waals surface area contributed by atoms with E-state index in [1.807, 2.05) is 24.3 Å². The average molecular weight is 349 g/mol. The van der Waals surface area contributed by atoms with Gasteiger partial charge in [-0.1, -0.05) is 54.6 Å². The van der Waals surface area contributed by atoms with Crippen LogP contribution in [0.1, 0.15) is 11.3 Å². The molecule has 0 fully saturated rings. The lowest BCUT2D eigenvalue weighted by Crippen LogP contribution is -2.09. The first-order chi connectivity index (χ1) is 13.4. The first-order valence-corrected chi connectivity index (χ1v) is 8.84. The highest BCUT2D eigenvalue weighted by Gasteiger charge is 2.11. The number of nitrogens with zero attached hydrogens (tertiary/aromatic N) is 3. The van der Waals surface area contributed by atoms with Gasteiger partial charge in [0.05, 0.1) is 5.69 Å². The summed E-state index contributed by atoms with van der Waals surface area (Å²) in [6.07, 6.45) is 7.35. The first kappa shape index (κ1) is 16.7. The van der Waals surface area contributed by atoms with Gasteiger partial charge in [0.15, 0.2) is 0 Å². The van der Waals surface area contributed by atoms with Gasteiger partial charge in [0.2, 0.25) is 0 Å². The Balaban J connectivity index is 1.64. The molecule has 1 heterocycles. The molecule has 0 spiro atoms. The Hall–Kier alpha value is -3.72. The molecule has 3 aromatic carbocycles. The lowest BCUT2D eigenvalue weighted by molar-refractivity contribution is 1.15. The third kappa shape index (κ3) is 4.10. The fourth-order valence-electron chi connectivity index (χ4n) is 2.92. The van der Waals surface area contributed by atoms with E-state index >= 15 is 0 Å². The minimum Gasteiger partial charge on any atom is -0.311 e. The quantitative estimate of drug-likeness (QED) is 0.435. The molecule has 0 bridgehead atoms. The highest BCUT2D eigenvalue weighted by atomic mass is 15.1. The summed E-state index contributed by atoms with van der Waals surface area (Å²) >= 11 is 0. The van der Waals surface area contributed by atoms with E-state index < -0.39 is 0 Å². The third-order valence-electron chi connectivity index (χ3n) is 4.23. The molecule has 130 valence electrons. The average Bonchev–Trinajstić information content (AvgIpc) is 2.76. The van der Waals surface area contributed by atoms with E-state index in [1.165, 1.54) is 0 Å². The molecule has 0 saturated carbocycles. The van der Waals surface area contributed by atoms with E-state index in [9.17, 15) is 0 Å². The molecule has 0 aliphatic heterocycles. The SMILES string of the molecule is C(=C\c1ccncn1)/c1ccc(N(c2ccccc2)c2ccccc2)cc1. The van der Waals surface area contributed by atoms with Gasteiger partial charge in [-0.05, 0) is 54.1 Å². The van der Waals surface area contributed by atoms with Crippen LogP contribution >= 0.6 is 0 Å². The lowest BCUT2D eigenvalue weighted by atomic mass is 10.1. The van der Waals surface area contributed by atoms with Gasteiger partial charge in [-0.3, -0.25) is 0 Å². The number of aromatic nitrogens is 2. The zero-order chi connectivity index (χ0) is 18.3. The molecule has 0 saturated heterocycles. The van der Waals surface area contributed by atoms with Crippen molar-refractivity contribution in [1.29, 1.82) is 0 Å². The molecule has 27 heavy (non-hydrogen) atoms. The van der Waals surface area contributed by atoms with Crippen LogP contribution in [-0.2, 0) is 0 Å². The molecule has 0 aliphatic carbocycles. The first-order valence-electron chi connectivity index (χ1n) is 8.84. The van der Waals surface area contributed by atoms with Crippen LogP contribution in [0.5, 0.6) is 0 Å². The van der Waals surface area contributed by atoms with Gasteiger partial charge in [-0.15, -0.1) is 0 Å². The highest BCUT2D eigenvalue weighted by Crippen LogP contribution is 2.34. The summed E-state index contributed by atoms with van der Waals surface area (Å²) in [5.74, 6) is 0. The molecule has 0 N–H and O–H groups in total. The minimum atomic E-state index is 0.893. The topological polar surface area (TPSA) is 29.0 Å². The van der Waals surface area contributed by atoms with E-state index in [0.29, 0.717) is 0 Å². The van der Waals surface area contributed by atoms with Gasteiger partial charge >= 0.3 is 0 Å². The Labute approximate surface area is 159 Å². The van der Waals surface area contributed by atoms with E-state index in [4.69, 9.17) is 0 Å². The molecular weight excluding hydrogens is 330 g/mol. The zero-order valence-electron chi connectivity index (χ0n) is 14.8. The van der Waals surface area contributed by atoms with Gasteiger partial charge in [0.25, 0.3) is 0 Å². The van der Waals surface area contributed by atoms with Gasteiger partial charge in [-0.2, -0.15) is 0 Å². The van der Waals surface area contributed by atoms with Crippen LogP contribution in [0.2, 0.25) is 0 Å². The summed E-state index contributed by atoms with van der Waals surface area (Å²) in [4.78, 5) is 10.4. The van der Waals surface area contributed by atoms with Crippen molar-refractivity contribution in [3.05, 3.63) is 115 Å². The van der Waals surface area contributed by atoms with Gasteiger partial charge < -0.3 is 4.90 Å². The van der Waals surface area contributed by atoms with Gasteiger partial charge in [-0.25, -0.2) is 9.97 Å². The summed E-state index contributed by atoms with van der Waals surface area (Å²) in [5.41, 5.74) is 5.40. The molecule has 3 heteroatoms. The maximum atomic E-state index is 4.21. The van der Waals surface area contributed by atoms with Crippen LogP contribution in [0, 0.1) is 0 Å². The van der Waals surface area contributed by atoms with Crippen LogP contribution < -0.4 is 4.90 Å². The molecule has 3 nitrogen and oxygen atoms in total. The summed E-state index contributed by atoms with van der Waals surface area (Å²) < 4.78 is 0. The molecule has 1 aromatic heterocycles. The molecule has 0 unspecified atom stereocenters. The fourth-order valence-corrected chi connectivity index (χ4v) is 2.92. The standard InChI is InChI=1S/C24H19N3/c1-3-7-22(8-4-1)27(23-9-5-2-6-10-23)24-15-12-20(13-16-24)11-14-21-17-18-25-19-26-21/h1-19H/b14-11+. The summed E-state index contributed by atoms with van der Waals surface area (Å²) in [6.45, 7) is 0. The monoisotopic (exact) mass is 349 g/mol. The van der Waals surface area contributed by atoms with Crippen molar-refractivity contribution in [2.24, 2.45) is 0 Å². The van der Waals surface area contributed by atoms with Crippen molar-refractivity contribution in [3.63, 3.8) is 0 Å². The predicted molar refractivity (Wildman–Crippen MR) is 112 cm³/mol. The highest BCUT2D eigenvalue weighted by molar-refractivity contribution is 5.77. The lowest BCUT2D eigenvalue weighted by Gasteiger charge is -2.25. The van der Waals surface area contributed by atoms with Crippen LogP contribution in [0.4, 0.5) is 17.1 Å². The van der Waals surface area contributed by atoms with Crippen molar-refractivity contribution in [1.82, 2.24) is 9.97 Å². The second kappa shape index (κ2) is 8.11. The Morgan fingerprint density at radius 1 is 0.593 bits per heavy atom. The van der Waals surface area contributed by atoms with Crippen molar-refractivity contribution in [2.45, 2.75) is 0 Å². The molecule has 0 atom stereocenters. The van der Waals surface area contributed by atoms with Gasteiger partial charge in [0, 0.05) is 23.3 Å². The smallest absolute Gasteiger partial charge is 0.115 e. The van der Waals surface area contributed by atoms with Crippen LogP contribution in [-0.4, -0.2) is 9.97 Å². The van der Waals surface area contributed by atoms with Crippen LogP contribution in [0.25, 0.3) is 12.2 Å². The molecule has 0 amide bonds. The van der Waals surface area contributed by atoms with Crippen molar-refractivity contribution < 1.29 is 0 Å². The molecule has 0 radical (unpaired) electrons. The van der Waals surface area contributed by atoms with Crippen LogP contribution in [0.15, 0.2) is 104 Å². The number of para-hydroxylation sites is 2. The second-order valence-electron chi connectivity index (χ2n) is 6.07. The number of rotatable bonds is 5. The Bertz CT molecular complexity index is 956. The predicted octanol–water partition coefficient (Wildman–Crippen LogP) is 6.12. The maximum Gasteiger partial charge on any atom is 0.115 e. The summed E-state index contributed by atoms with van der Waals surface area (Å²) in [5, 5.41) is 0. The largest absolute Gasteiger partial charge is 0.311 e. The van der Waals surface area contributed by atoms with E-state index in [0.717, 1.165) is 28.3 Å². The zero-order valence-corrected chi connectivity index (χ0v) is 14.8. The molecule has 4 aromatic rings. The van der Waals surface area contributed by atoms with Crippen molar-refractivity contribution in [2.75, 3.05) is 4.90 Å². The Kier molecular flexibility index (Phi) is 5.02.